The lowest BCUT2D eigenvalue weighted by molar-refractivity contribution is 0.174. The highest BCUT2D eigenvalue weighted by molar-refractivity contribution is 9.10. The van der Waals surface area contributed by atoms with Crippen LogP contribution >= 0.6 is 15.9 Å². The molecule has 1 aromatic carbocycles. The Balaban J connectivity index is 1.36. The summed E-state index contributed by atoms with van der Waals surface area (Å²) < 4.78 is 10.4. The van der Waals surface area contributed by atoms with Gasteiger partial charge >= 0.3 is 0 Å². The zero-order valence-corrected chi connectivity index (χ0v) is 21.8. The molecule has 0 bridgehead atoms. The number of fused-ring (bicyclic) bond motifs is 1. The van der Waals surface area contributed by atoms with Crippen molar-refractivity contribution < 1.29 is 9.84 Å². The van der Waals surface area contributed by atoms with Gasteiger partial charge in [0.2, 0.25) is 5.95 Å². The molecule has 1 aliphatic rings. The fourth-order valence-corrected chi connectivity index (χ4v) is 5.15. The molecule has 2 N–H and O–H groups in total. The van der Waals surface area contributed by atoms with Crippen molar-refractivity contribution in [1.82, 2.24) is 29.2 Å². The highest BCUT2D eigenvalue weighted by Gasteiger charge is 2.21. The van der Waals surface area contributed by atoms with Crippen molar-refractivity contribution in [1.29, 1.82) is 0 Å². The number of aliphatic hydroxyl groups is 1. The lowest BCUT2D eigenvalue weighted by Crippen LogP contribution is -2.21. The van der Waals surface area contributed by atoms with Crippen molar-refractivity contribution in [2.45, 2.75) is 39.5 Å². The van der Waals surface area contributed by atoms with Gasteiger partial charge in [0.05, 0.1) is 18.4 Å². The molecular formula is C25H30BrN7O2. The van der Waals surface area contributed by atoms with Crippen LogP contribution in [0.25, 0.3) is 16.7 Å². The zero-order chi connectivity index (χ0) is 24.5. The van der Waals surface area contributed by atoms with Crippen LogP contribution in [0.15, 0.2) is 41.1 Å². The fraction of sp³-hybridized carbons (Fsp3) is 0.400. The number of nitrogens with zero attached hydrogens (tertiary/aromatic N) is 6. The summed E-state index contributed by atoms with van der Waals surface area (Å²) in [5.41, 5.74) is 5.32. The van der Waals surface area contributed by atoms with Gasteiger partial charge in [-0.3, -0.25) is 4.90 Å². The molecule has 0 amide bonds. The molecule has 5 rings (SSSR count). The smallest absolute Gasteiger partial charge is 0.229 e. The molecule has 1 atom stereocenters. The van der Waals surface area contributed by atoms with Crippen LogP contribution in [0.2, 0.25) is 0 Å². The Morgan fingerprint density at radius 2 is 2.11 bits per heavy atom. The number of benzene rings is 1. The van der Waals surface area contributed by atoms with Crippen molar-refractivity contribution in [3.8, 4) is 5.82 Å². The molecule has 1 unspecified atom stereocenters. The predicted molar refractivity (Wildman–Crippen MR) is 139 cm³/mol. The van der Waals surface area contributed by atoms with Crippen LogP contribution in [0.4, 0.5) is 11.6 Å². The van der Waals surface area contributed by atoms with E-state index in [-0.39, 0.29) is 6.10 Å². The van der Waals surface area contributed by atoms with Gasteiger partial charge < -0.3 is 19.7 Å². The molecule has 0 aliphatic carbocycles. The minimum Gasteiger partial charge on any atom is -0.392 e. The Morgan fingerprint density at radius 1 is 1.26 bits per heavy atom. The molecule has 9 nitrogen and oxygen atoms in total. The Labute approximate surface area is 212 Å². The maximum atomic E-state index is 9.81. The third-order valence-electron chi connectivity index (χ3n) is 6.54. The molecule has 4 aromatic rings. The number of anilines is 2. The molecule has 4 heterocycles. The van der Waals surface area contributed by atoms with Crippen LogP contribution in [0.1, 0.15) is 23.4 Å². The third-order valence-corrected chi connectivity index (χ3v) is 7.54. The van der Waals surface area contributed by atoms with Gasteiger partial charge in [0, 0.05) is 84.1 Å². The number of β-amino-alcohol motifs (C(OH)–C–C–N with tert-alkyl or cyclic N) is 1. The number of aliphatic hydroxyl groups excluding tert-OH is 1. The lowest BCUT2D eigenvalue weighted by atomic mass is 10.2. The fourth-order valence-electron chi connectivity index (χ4n) is 4.62. The van der Waals surface area contributed by atoms with Gasteiger partial charge in [0.25, 0.3) is 0 Å². The van der Waals surface area contributed by atoms with Crippen LogP contribution in [0.5, 0.6) is 0 Å². The highest BCUT2D eigenvalue weighted by atomic mass is 79.9. The van der Waals surface area contributed by atoms with Crippen molar-refractivity contribution >= 4 is 38.5 Å². The maximum absolute atomic E-state index is 9.81. The SMILES string of the molecule is COCCn1c(C)c(Br)c2cc(Nc3nccc(-n4cc(CN5CCC(O)C5)c(C)n4)n3)ccc21. The van der Waals surface area contributed by atoms with E-state index in [2.05, 4.69) is 59.9 Å². The van der Waals surface area contributed by atoms with Crippen molar-refractivity contribution in [2.75, 3.05) is 32.1 Å². The van der Waals surface area contributed by atoms with Gasteiger partial charge in [-0.1, -0.05) is 0 Å². The average molecular weight is 540 g/mol. The second-order valence-corrected chi connectivity index (χ2v) is 9.79. The topological polar surface area (TPSA) is 93.3 Å². The summed E-state index contributed by atoms with van der Waals surface area (Å²) in [6, 6.07) is 8.09. The summed E-state index contributed by atoms with van der Waals surface area (Å²) in [7, 11) is 1.72. The van der Waals surface area contributed by atoms with E-state index in [0.29, 0.717) is 24.9 Å². The first-order chi connectivity index (χ1) is 16.9. The number of aryl methyl sites for hydroxylation is 1. The van der Waals surface area contributed by atoms with E-state index in [9.17, 15) is 5.11 Å². The Bertz CT molecular complexity index is 1350. The van der Waals surface area contributed by atoms with Crippen LogP contribution in [0.3, 0.4) is 0 Å². The van der Waals surface area contributed by atoms with E-state index in [0.717, 1.165) is 58.4 Å². The molecular weight excluding hydrogens is 510 g/mol. The second-order valence-electron chi connectivity index (χ2n) is 9.00. The molecule has 1 aliphatic heterocycles. The summed E-state index contributed by atoms with van der Waals surface area (Å²) in [5.74, 6) is 1.20. The Kier molecular flexibility index (Phi) is 6.88. The van der Waals surface area contributed by atoms with Gasteiger partial charge in [-0.15, -0.1) is 0 Å². The second kappa shape index (κ2) is 10.1. The van der Waals surface area contributed by atoms with E-state index in [1.54, 1.807) is 18.0 Å². The number of methoxy groups -OCH3 is 1. The van der Waals surface area contributed by atoms with E-state index < -0.39 is 0 Å². The molecule has 1 saturated heterocycles. The lowest BCUT2D eigenvalue weighted by Gasteiger charge is -2.13. The summed E-state index contributed by atoms with van der Waals surface area (Å²) in [4.78, 5) is 11.4. The summed E-state index contributed by atoms with van der Waals surface area (Å²) >= 11 is 3.75. The van der Waals surface area contributed by atoms with Gasteiger partial charge in [-0.25, -0.2) is 9.67 Å². The number of rotatable bonds is 8. The number of hydrogen-bond acceptors (Lipinski definition) is 7. The summed E-state index contributed by atoms with van der Waals surface area (Å²) in [5, 5.41) is 18.9. The Hall–Kier alpha value is -2.79. The first-order valence-corrected chi connectivity index (χ1v) is 12.6. The van der Waals surface area contributed by atoms with Crippen molar-refractivity contribution in [2.24, 2.45) is 0 Å². The number of aromatic nitrogens is 5. The quantitative estimate of drug-likeness (QED) is 0.350. The largest absolute Gasteiger partial charge is 0.392 e. The van der Waals surface area contributed by atoms with Crippen molar-refractivity contribution in [3.63, 3.8) is 0 Å². The first-order valence-electron chi connectivity index (χ1n) is 11.8. The number of ether oxygens (including phenoxy) is 1. The normalized spacial score (nSPS) is 16.4. The number of likely N-dealkylation sites (tertiary alicyclic amines) is 1. The standard InChI is InChI=1S/C25H30BrN7O2/c1-16-18(13-31-9-7-20(34)15-31)14-33(30-16)23-6-8-27-25(29-23)28-19-4-5-22-21(12-19)24(26)17(2)32(22)10-11-35-3/h4-6,8,12,14,20,34H,7,9-11,13,15H2,1-3H3,(H,27,28,29). The number of halogens is 1. The van der Waals surface area contributed by atoms with Crippen molar-refractivity contribution in [3.05, 3.63) is 58.1 Å². The van der Waals surface area contributed by atoms with E-state index in [1.165, 1.54) is 5.69 Å². The maximum Gasteiger partial charge on any atom is 0.229 e. The van der Waals surface area contributed by atoms with Gasteiger partial charge in [-0.05, 0) is 54.4 Å². The predicted octanol–water partition coefficient (Wildman–Crippen LogP) is 3.95. The minimum absolute atomic E-state index is 0.228. The first kappa shape index (κ1) is 23.9. The minimum atomic E-state index is -0.228. The number of nitrogens with one attached hydrogen (secondary N) is 1. The van der Waals surface area contributed by atoms with E-state index >= 15 is 0 Å². The molecule has 35 heavy (non-hydrogen) atoms. The van der Waals surface area contributed by atoms with Crippen LogP contribution < -0.4 is 5.32 Å². The summed E-state index contributed by atoms with van der Waals surface area (Å²) in [6.45, 7) is 7.96. The van der Waals surface area contributed by atoms with Gasteiger partial charge in [-0.2, -0.15) is 10.1 Å². The summed E-state index contributed by atoms with van der Waals surface area (Å²) in [6.07, 6.45) is 4.35. The highest BCUT2D eigenvalue weighted by Crippen LogP contribution is 2.33. The third kappa shape index (κ3) is 4.97. The molecule has 0 radical (unpaired) electrons. The molecule has 0 saturated carbocycles. The number of hydrogen-bond donors (Lipinski definition) is 2. The Morgan fingerprint density at radius 3 is 2.89 bits per heavy atom. The van der Waals surface area contributed by atoms with Crippen LogP contribution in [-0.4, -0.2) is 67.2 Å². The van der Waals surface area contributed by atoms with Gasteiger partial charge in [0.15, 0.2) is 5.82 Å². The molecule has 1 fully saturated rings. The average Bonchev–Trinajstić information content (AvgIpc) is 3.50. The van der Waals surface area contributed by atoms with Crippen LogP contribution in [0, 0.1) is 13.8 Å². The van der Waals surface area contributed by atoms with E-state index in [1.807, 2.05) is 25.3 Å². The molecule has 3 aromatic heterocycles. The molecule has 10 heteroatoms. The van der Waals surface area contributed by atoms with Gasteiger partial charge in [0.1, 0.15) is 0 Å². The zero-order valence-electron chi connectivity index (χ0n) is 20.2. The molecule has 184 valence electrons. The molecule has 0 spiro atoms. The van der Waals surface area contributed by atoms with E-state index in [4.69, 9.17) is 9.72 Å². The monoisotopic (exact) mass is 539 g/mol. The van der Waals surface area contributed by atoms with Crippen LogP contribution in [-0.2, 0) is 17.8 Å².